The Balaban J connectivity index is 1.96. The Hall–Kier alpha value is -2.10. The van der Waals surface area contributed by atoms with E-state index in [9.17, 15) is 10.1 Å². The molecule has 3 N–H and O–H groups in total. The van der Waals surface area contributed by atoms with Crippen molar-refractivity contribution < 1.29 is 4.79 Å². The first-order valence-electron chi connectivity index (χ1n) is 8.42. The number of nitrogens with one attached hydrogen (secondary N) is 1. The minimum absolute atomic E-state index is 0.0778. The molecule has 2 aromatic rings. The van der Waals surface area contributed by atoms with Crippen molar-refractivity contribution in [2.45, 2.75) is 32.6 Å². The van der Waals surface area contributed by atoms with Crippen molar-refractivity contribution in [1.82, 2.24) is 0 Å². The Labute approximate surface area is 164 Å². The summed E-state index contributed by atoms with van der Waals surface area (Å²) >= 11 is 4.84. The highest BCUT2D eigenvalue weighted by Gasteiger charge is 2.42. The van der Waals surface area contributed by atoms with Crippen molar-refractivity contribution in [3.05, 3.63) is 56.0 Å². The predicted octanol–water partition coefficient (Wildman–Crippen LogP) is 5.17. The summed E-state index contributed by atoms with van der Waals surface area (Å²) in [6.45, 7) is 4.23. The van der Waals surface area contributed by atoms with Crippen LogP contribution < -0.4 is 11.1 Å². The summed E-state index contributed by atoms with van der Waals surface area (Å²) in [5, 5.41) is 13.7. The number of nitrogens with two attached hydrogens (primary N) is 1. The lowest BCUT2D eigenvalue weighted by Gasteiger charge is -2.38. The van der Waals surface area contributed by atoms with Gasteiger partial charge in [0.25, 0.3) is 0 Å². The maximum Gasteiger partial charge on any atom is 0.162 e. The topological polar surface area (TPSA) is 78.9 Å². The molecule has 4 nitrogen and oxygen atoms in total. The highest BCUT2D eigenvalue weighted by molar-refractivity contribution is 9.10. The van der Waals surface area contributed by atoms with E-state index in [-0.39, 0.29) is 17.1 Å². The van der Waals surface area contributed by atoms with Crippen LogP contribution in [0.15, 0.2) is 40.0 Å². The molecule has 0 saturated heterocycles. The van der Waals surface area contributed by atoms with Crippen LogP contribution >= 0.6 is 27.3 Å². The number of ketones is 1. The summed E-state index contributed by atoms with van der Waals surface area (Å²) in [5.74, 6) is -0.0669. The highest BCUT2D eigenvalue weighted by Crippen LogP contribution is 2.53. The van der Waals surface area contributed by atoms with Gasteiger partial charge >= 0.3 is 0 Å². The standard InChI is InChI=1S/C20H18BrN3OS/c1-20(2)7-12-16(13(25)8-20)15(10-3-5-11(21)6-4-10)17-18(23)14(9-22)26-19(17)24-12/h3-6,15,24H,7-8,23H2,1-2H3. The van der Waals surface area contributed by atoms with Crippen LogP contribution in [0.4, 0.5) is 10.7 Å². The quantitative estimate of drug-likeness (QED) is 0.657. The summed E-state index contributed by atoms with van der Waals surface area (Å²) < 4.78 is 0.983. The van der Waals surface area contributed by atoms with E-state index in [1.807, 2.05) is 24.3 Å². The lowest BCUT2D eigenvalue weighted by atomic mass is 9.69. The van der Waals surface area contributed by atoms with Gasteiger partial charge in [0.2, 0.25) is 0 Å². The number of carbonyl (C=O) groups excluding carboxylic acids is 1. The Kier molecular flexibility index (Phi) is 3.98. The maximum atomic E-state index is 13.1. The largest absolute Gasteiger partial charge is 0.397 e. The molecule has 1 atom stereocenters. The number of halogens is 1. The molecular weight excluding hydrogens is 410 g/mol. The number of hydrogen-bond acceptors (Lipinski definition) is 5. The van der Waals surface area contributed by atoms with Crippen LogP contribution in [0, 0.1) is 16.7 Å². The van der Waals surface area contributed by atoms with Crippen LogP contribution in [0.5, 0.6) is 0 Å². The molecule has 0 bridgehead atoms. The molecule has 1 aliphatic carbocycles. The van der Waals surface area contributed by atoms with Crippen molar-refractivity contribution in [2.24, 2.45) is 5.41 Å². The zero-order valence-corrected chi connectivity index (χ0v) is 16.9. The van der Waals surface area contributed by atoms with Gasteiger partial charge in [-0.2, -0.15) is 5.26 Å². The third kappa shape index (κ3) is 2.67. The number of carbonyl (C=O) groups is 1. The van der Waals surface area contributed by atoms with E-state index in [0.29, 0.717) is 17.0 Å². The van der Waals surface area contributed by atoms with Crippen LogP contribution in [0.3, 0.4) is 0 Å². The van der Waals surface area contributed by atoms with Gasteiger partial charge in [-0.1, -0.05) is 41.9 Å². The number of Topliss-reactive ketones (excluding diaryl/α,β-unsaturated/α-hetero) is 1. The molecule has 4 rings (SSSR count). The fraction of sp³-hybridized carbons (Fsp3) is 0.300. The number of nitrogen functional groups attached to an aromatic ring is 1. The highest BCUT2D eigenvalue weighted by atomic mass is 79.9. The molecule has 0 fully saturated rings. The van der Waals surface area contributed by atoms with Gasteiger partial charge in [0.1, 0.15) is 15.9 Å². The number of rotatable bonds is 1. The van der Waals surface area contributed by atoms with E-state index in [0.717, 1.165) is 38.3 Å². The number of benzene rings is 1. The molecule has 2 aliphatic rings. The smallest absolute Gasteiger partial charge is 0.162 e. The Morgan fingerprint density at radius 2 is 2.00 bits per heavy atom. The van der Waals surface area contributed by atoms with Crippen LogP contribution in [0.25, 0.3) is 0 Å². The summed E-state index contributed by atoms with van der Waals surface area (Å²) in [7, 11) is 0. The second-order valence-electron chi connectivity index (χ2n) is 7.64. The number of fused-ring (bicyclic) bond motifs is 1. The number of thiophene rings is 1. The molecule has 1 aliphatic heterocycles. The van der Waals surface area contributed by atoms with Gasteiger partial charge in [0, 0.05) is 33.6 Å². The zero-order chi connectivity index (χ0) is 18.6. The predicted molar refractivity (Wildman–Crippen MR) is 108 cm³/mol. The van der Waals surface area contributed by atoms with E-state index in [1.165, 1.54) is 11.3 Å². The van der Waals surface area contributed by atoms with E-state index in [4.69, 9.17) is 5.73 Å². The van der Waals surface area contributed by atoms with Crippen molar-refractivity contribution in [3.63, 3.8) is 0 Å². The monoisotopic (exact) mass is 427 g/mol. The summed E-state index contributed by atoms with van der Waals surface area (Å²) in [6.07, 6.45) is 1.32. The second kappa shape index (κ2) is 5.97. The number of hydrogen-bond donors (Lipinski definition) is 2. The summed E-state index contributed by atoms with van der Waals surface area (Å²) in [4.78, 5) is 13.6. The first kappa shape index (κ1) is 17.3. The van der Waals surface area contributed by atoms with E-state index in [1.54, 1.807) is 0 Å². The van der Waals surface area contributed by atoms with Crippen LogP contribution in [0.1, 0.15) is 48.6 Å². The fourth-order valence-electron chi connectivity index (χ4n) is 3.97. The molecule has 1 aromatic heterocycles. The SMILES string of the molecule is CC1(C)CC(=O)C2=C(C1)Nc1sc(C#N)c(N)c1C2c1ccc(Br)cc1. The fourth-order valence-corrected chi connectivity index (χ4v) is 5.22. The van der Waals surface area contributed by atoms with E-state index >= 15 is 0 Å². The first-order valence-corrected chi connectivity index (χ1v) is 10.0. The molecular formula is C20H18BrN3OS. The first-order chi connectivity index (χ1) is 12.3. The number of allylic oxidation sites excluding steroid dienone is 2. The van der Waals surface area contributed by atoms with Gasteiger partial charge in [0.05, 0.1) is 5.69 Å². The molecule has 6 heteroatoms. The average Bonchev–Trinajstić information content (AvgIpc) is 2.88. The number of nitriles is 1. The number of nitrogens with zero attached hydrogens (tertiary/aromatic N) is 1. The van der Waals surface area contributed by atoms with Crippen molar-refractivity contribution in [2.75, 3.05) is 11.1 Å². The Bertz CT molecular complexity index is 995. The maximum absolute atomic E-state index is 13.1. The summed E-state index contributed by atoms with van der Waals surface area (Å²) in [5.41, 5.74) is 10.4. The minimum Gasteiger partial charge on any atom is -0.397 e. The lowest BCUT2D eigenvalue weighted by molar-refractivity contribution is -0.118. The van der Waals surface area contributed by atoms with Gasteiger partial charge in [-0.3, -0.25) is 4.79 Å². The Morgan fingerprint density at radius 3 is 2.65 bits per heavy atom. The second-order valence-corrected chi connectivity index (χ2v) is 9.58. The summed E-state index contributed by atoms with van der Waals surface area (Å²) in [6, 6.07) is 10.2. The van der Waals surface area contributed by atoms with Gasteiger partial charge in [-0.15, -0.1) is 11.3 Å². The molecule has 0 saturated carbocycles. The van der Waals surface area contributed by atoms with E-state index < -0.39 is 0 Å². The number of anilines is 2. The third-order valence-corrected chi connectivity index (χ3v) is 6.62. The van der Waals surface area contributed by atoms with E-state index in [2.05, 4.69) is 41.2 Å². The zero-order valence-electron chi connectivity index (χ0n) is 14.5. The van der Waals surface area contributed by atoms with Crippen LogP contribution in [0.2, 0.25) is 0 Å². The minimum atomic E-state index is -0.226. The molecule has 132 valence electrons. The van der Waals surface area contributed by atoms with Crippen molar-refractivity contribution >= 4 is 43.7 Å². The van der Waals surface area contributed by atoms with Crippen molar-refractivity contribution in [1.29, 1.82) is 5.26 Å². The lowest BCUT2D eigenvalue weighted by Crippen LogP contribution is -2.33. The Morgan fingerprint density at radius 1 is 1.31 bits per heavy atom. The molecule has 1 aromatic carbocycles. The average molecular weight is 428 g/mol. The van der Waals surface area contributed by atoms with Gasteiger partial charge in [0.15, 0.2) is 5.78 Å². The molecule has 2 heterocycles. The molecule has 1 unspecified atom stereocenters. The van der Waals surface area contributed by atoms with Crippen molar-refractivity contribution in [3.8, 4) is 6.07 Å². The molecule has 26 heavy (non-hydrogen) atoms. The van der Waals surface area contributed by atoms with Crippen LogP contribution in [-0.4, -0.2) is 5.78 Å². The molecule has 0 amide bonds. The van der Waals surface area contributed by atoms with Crippen LogP contribution in [-0.2, 0) is 4.79 Å². The van der Waals surface area contributed by atoms with Gasteiger partial charge in [-0.25, -0.2) is 0 Å². The molecule has 0 spiro atoms. The van der Waals surface area contributed by atoms with Gasteiger partial charge < -0.3 is 11.1 Å². The molecule has 0 radical (unpaired) electrons. The third-order valence-electron chi connectivity index (χ3n) is 5.05. The van der Waals surface area contributed by atoms with Gasteiger partial charge in [-0.05, 0) is 29.5 Å². The normalized spacial score (nSPS) is 20.8.